The van der Waals surface area contributed by atoms with Gasteiger partial charge in [-0.25, -0.2) is 9.48 Å². The first-order chi connectivity index (χ1) is 17.6. The molecule has 2 aromatic carbocycles. The Morgan fingerprint density at radius 1 is 1.03 bits per heavy atom. The van der Waals surface area contributed by atoms with Gasteiger partial charge in [-0.2, -0.15) is 5.10 Å². The topological polar surface area (TPSA) is 89.1 Å². The SMILES string of the molecule is Cn1cc(C2CC2c2c(C(=O)O)cnn2-c2cccc(-c3cccc(CN4CCCCC4)c3)c2)nn1. The van der Waals surface area contributed by atoms with Gasteiger partial charge < -0.3 is 5.11 Å². The monoisotopic (exact) mass is 482 g/mol. The van der Waals surface area contributed by atoms with Crippen LogP contribution >= 0.6 is 0 Å². The normalized spacial score (nSPS) is 19.9. The number of piperidine rings is 1. The standard InChI is InChI=1S/C28H30N6O2/c1-32-18-26(30-31-32)23-15-24(23)27-25(28(35)36)16-29-34(27)22-10-6-9-21(14-22)20-8-5-7-19(13-20)17-33-11-3-2-4-12-33/h5-10,13-14,16,18,23-24H,2-4,11-12,15,17H2,1H3,(H,35,36). The Balaban J connectivity index is 1.31. The summed E-state index contributed by atoms with van der Waals surface area (Å²) < 4.78 is 3.48. The van der Waals surface area contributed by atoms with E-state index in [4.69, 9.17) is 0 Å². The van der Waals surface area contributed by atoms with Crippen LogP contribution in [0.25, 0.3) is 16.8 Å². The summed E-state index contributed by atoms with van der Waals surface area (Å²) in [4.78, 5) is 14.6. The Labute approximate surface area is 210 Å². The average Bonchev–Trinajstić information content (AvgIpc) is 3.34. The third-order valence-electron chi connectivity index (χ3n) is 7.38. The van der Waals surface area contributed by atoms with Crippen LogP contribution in [0, 0.1) is 0 Å². The lowest BCUT2D eigenvalue weighted by Crippen LogP contribution is -2.29. The predicted octanol–water partition coefficient (Wildman–Crippen LogP) is 4.62. The smallest absolute Gasteiger partial charge is 0.339 e. The quantitative estimate of drug-likeness (QED) is 0.413. The second-order valence-electron chi connectivity index (χ2n) is 10.0. The molecule has 1 aliphatic heterocycles. The lowest BCUT2D eigenvalue weighted by molar-refractivity contribution is 0.0695. The van der Waals surface area contributed by atoms with Crippen molar-refractivity contribution in [2.45, 2.75) is 44.1 Å². The van der Waals surface area contributed by atoms with Gasteiger partial charge in [0.25, 0.3) is 0 Å². The molecule has 2 fully saturated rings. The molecule has 3 heterocycles. The van der Waals surface area contributed by atoms with Gasteiger partial charge in [-0.3, -0.25) is 9.58 Å². The number of carbonyl (C=O) groups is 1. The van der Waals surface area contributed by atoms with E-state index in [9.17, 15) is 9.90 Å². The molecular weight excluding hydrogens is 452 g/mol. The van der Waals surface area contributed by atoms with Crippen molar-refractivity contribution < 1.29 is 9.90 Å². The zero-order valence-electron chi connectivity index (χ0n) is 20.4. The molecule has 0 bridgehead atoms. The van der Waals surface area contributed by atoms with Gasteiger partial charge in [0.05, 0.1) is 23.3 Å². The van der Waals surface area contributed by atoms with E-state index in [1.165, 1.54) is 44.1 Å². The van der Waals surface area contributed by atoms with Crippen LogP contribution in [0.3, 0.4) is 0 Å². The number of nitrogens with zero attached hydrogens (tertiary/aromatic N) is 6. The number of benzene rings is 2. The van der Waals surface area contributed by atoms with Gasteiger partial charge in [0, 0.05) is 31.6 Å². The second kappa shape index (κ2) is 9.35. The average molecular weight is 483 g/mol. The molecule has 1 saturated heterocycles. The van der Waals surface area contributed by atoms with Crippen molar-refractivity contribution >= 4 is 5.97 Å². The van der Waals surface area contributed by atoms with Crippen molar-refractivity contribution in [2.24, 2.45) is 7.05 Å². The fraction of sp³-hybridized carbons (Fsp3) is 0.357. The first-order valence-corrected chi connectivity index (χ1v) is 12.7. The molecule has 184 valence electrons. The molecule has 36 heavy (non-hydrogen) atoms. The van der Waals surface area contributed by atoms with Gasteiger partial charge in [0.2, 0.25) is 0 Å². The summed E-state index contributed by atoms with van der Waals surface area (Å²) in [6.45, 7) is 3.32. The second-order valence-corrected chi connectivity index (χ2v) is 10.0. The molecule has 8 heteroatoms. The molecule has 2 atom stereocenters. The van der Waals surface area contributed by atoms with Crippen LogP contribution in [0.5, 0.6) is 0 Å². The molecule has 1 aliphatic carbocycles. The van der Waals surface area contributed by atoms with Crippen molar-refractivity contribution in [1.29, 1.82) is 0 Å². The molecule has 0 spiro atoms. The third kappa shape index (κ3) is 4.44. The number of carboxylic acid groups (broad SMARTS) is 1. The number of aryl methyl sites for hydroxylation is 1. The van der Waals surface area contributed by atoms with Gasteiger partial charge in [-0.1, -0.05) is 42.0 Å². The van der Waals surface area contributed by atoms with Gasteiger partial charge in [0.15, 0.2) is 0 Å². The van der Waals surface area contributed by atoms with Crippen LogP contribution in [0.4, 0.5) is 0 Å². The molecule has 0 amide bonds. The van der Waals surface area contributed by atoms with Crippen molar-refractivity contribution in [3.05, 3.63) is 83.4 Å². The number of rotatable bonds is 7. The highest BCUT2D eigenvalue weighted by Gasteiger charge is 2.46. The van der Waals surface area contributed by atoms with E-state index < -0.39 is 5.97 Å². The molecule has 1 saturated carbocycles. The maximum Gasteiger partial charge on any atom is 0.339 e. The zero-order valence-corrected chi connectivity index (χ0v) is 20.4. The predicted molar refractivity (Wildman–Crippen MR) is 136 cm³/mol. The summed E-state index contributed by atoms with van der Waals surface area (Å²) in [6, 6.07) is 16.9. The minimum absolute atomic E-state index is 0.0480. The summed E-state index contributed by atoms with van der Waals surface area (Å²) in [5.74, 6) is -0.753. The van der Waals surface area contributed by atoms with Crippen LogP contribution in [0.1, 0.15) is 64.8 Å². The van der Waals surface area contributed by atoms with Crippen LogP contribution in [-0.2, 0) is 13.6 Å². The van der Waals surface area contributed by atoms with Crippen LogP contribution in [0.2, 0.25) is 0 Å². The van der Waals surface area contributed by atoms with Gasteiger partial charge in [-0.15, -0.1) is 5.10 Å². The van der Waals surface area contributed by atoms with Gasteiger partial charge >= 0.3 is 5.97 Å². The fourth-order valence-electron chi connectivity index (χ4n) is 5.49. The molecular formula is C28H30N6O2. The van der Waals surface area contributed by atoms with E-state index in [-0.39, 0.29) is 17.4 Å². The summed E-state index contributed by atoms with van der Waals surface area (Å²) in [7, 11) is 1.84. The van der Waals surface area contributed by atoms with Crippen LogP contribution < -0.4 is 0 Å². The lowest BCUT2D eigenvalue weighted by atomic mass is 10.0. The molecule has 2 aromatic heterocycles. The number of aromatic carboxylic acids is 1. The Bertz CT molecular complexity index is 1400. The van der Waals surface area contributed by atoms with Crippen molar-refractivity contribution in [1.82, 2.24) is 29.7 Å². The van der Waals surface area contributed by atoms with E-state index in [1.807, 2.05) is 25.4 Å². The zero-order chi connectivity index (χ0) is 24.6. The van der Waals surface area contributed by atoms with Crippen molar-refractivity contribution in [3.8, 4) is 16.8 Å². The summed E-state index contributed by atoms with van der Waals surface area (Å²) in [5, 5.41) is 22.7. The maximum absolute atomic E-state index is 12.0. The Kier molecular flexibility index (Phi) is 5.89. The molecule has 2 unspecified atom stereocenters. The highest BCUT2D eigenvalue weighted by atomic mass is 16.4. The molecule has 0 radical (unpaired) electrons. The molecule has 1 N–H and O–H groups in total. The number of carboxylic acids is 1. The first kappa shape index (κ1) is 22.7. The van der Waals surface area contributed by atoms with Crippen molar-refractivity contribution in [2.75, 3.05) is 13.1 Å². The molecule has 4 aromatic rings. The van der Waals surface area contributed by atoms with Crippen molar-refractivity contribution in [3.63, 3.8) is 0 Å². The minimum atomic E-state index is -0.956. The Morgan fingerprint density at radius 2 is 1.81 bits per heavy atom. The van der Waals surface area contributed by atoms with Gasteiger partial charge in [-0.05, 0) is 67.2 Å². The van der Waals surface area contributed by atoms with E-state index in [1.54, 1.807) is 9.36 Å². The van der Waals surface area contributed by atoms with E-state index in [0.717, 1.165) is 41.2 Å². The largest absolute Gasteiger partial charge is 0.478 e. The number of aromatic nitrogens is 5. The first-order valence-electron chi connectivity index (χ1n) is 12.7. The minimum Gasteiger partial charge on any atom is -0.478 e. The van der Waals surface area contributed by atoms with Gasteiger partial charge in [0.1, 0.15) is 5.56 Å². The number of hydrogen-bond acceptors (Lipinski definition) is 5. The fourth-order valence-corrected chi connectivity index (χ4v) is 5.49. The summed E-state index contributed by atoms with van der Waals surface area (Å²) in [6.07, 6.45) is 8.11. The van der Waals surface area contributed by atoms with Crippen LogP contribution in [-0.4, -0.2) is 53.8 Å². The Morgan fingerprint density at radius 3 is 2.56 bits per heavy atom. The van der Waals surface area contributed by atoms with Crippen LogP contribution in [0.15, 0.2) is 60.9 Å². The maximum atomic E-state index is 12.0. The molecule has 8 nitrogen and oxygen atoms in total. The Hall–Kier alpha value is -3.78. The third-order valence-corrected chi connectivity index (χ3v) is 7.38. The number of likely N-dealkylation sites (tertiary alicyclic amines) is 1. The molecule has 6 rings (SSSR count). The van der Waals surface area contributed by atoms with E-state index in [0.29, 0.717) is 0 Å². The summed E-state index contributed by atoms with van der Waals surface area (Å²) >= 11 is 0. The van der Waals surface area contributed by atoms with E-state index in [2.05, 4.69) is 56.7 Å². The van der Waals surface area contributed by atoms with E-state index >= 15 is 0 Å². The lowest BCUT2D eigenvalue weighted by Gasteiger charge is -2.26. The molecule has 2 aliphatic rings. The summed E-state index contributed by atoms with van der Waals surface area (Å²) in [5.41, 5.74) is 6.30. The highest BCUT2D eigenvalue weighted by molar-refractivity contribution is 5.89. The highest BCUT2D eigenvalue weighted by Crippen LogP contribution is 2.55. The number of hydrogen-bond donors (Lipinski definition) is 1.